The van der Waals surface area contributed by atoms with Gasteiger partial charge >= 0.3 is 11.3 Å². The highest BCUT2D eigenvalue weighted by Crippen LogP contribution is 2.39. The third-order valence-electron chi connectivity index (χ3n) is 6.57. The number of rotatable bonds is 10. The van der Waals surface area contributed by atoms with Crippen LogP contribution in [-0.2, 0) is 36.3 Å². The standard InChI is InChI=1S/C28H20Cl4N6O10S3/c1-13-2-4-19(30)23(6-13)33-27-25(28(40)38(36-27)26-20(31)7-14(29)8-21(26)32)35-34-22-5-3-15(9-24(22)39)37-49(41)48-16-10-17(50(42,43)44)12-18(11-16)51(45,46)47/h2-12,25,37,39H,1H3,(H,33,36)(H,42,43,44)(H,45,46,47). The molecule has 5 rings (SSSR count). The molecule has 0 aliphatic carbocycles. The van der Waals surface area contributed by atoms with Gasteiger partial charge in [0.1, 0.15) is 22.9 Å². The minimum Gasteiger partial charge on any atom is -0.506 e. The summed E-state index contributed by atoms with van der Waals surface area (Å²) in [5.74, 6) is -1.90. The topological polar surface area (TPSA) is 237 Å². The number of carbonyl (C=O) groups excluding carboxylic acids is 1. The molecule has 1 heterocycles. The summed E-state index contributed by atoms with van der Waals surface area (Å²) in [5.41, 5.74) is 3.80. The number of halogens is 4. The normalized spacial score (nSPS) is 16.5. The summed E-state index contributed by atoms with van der Waals surface area (Å²) in [6.45, 7) is 1.81. The third kappa shape index (κ3) is 9.07. The number of hydrogen-bond donors (Lipinski definition) is 5. The number of nitrogens with one attached hydrogen (secondary N) is 2. The highest BCUT2D eigenvalue weighted by molar-refractivity contribution is 7.86. The Kier molecular flexibility index (Phi) is 11.2. The van der Waals surface area contributed by atoms with Crippen LogP contribution < -0.4 is 19.3 Å². The lowest BCUT2D eigenvalue weighted by Crippen LogP contribution is -2.36. The zero-order valence-electron chi connectivity index (χ0n) is 25.2. The molecule has 2 unspecified atom stereocenters. The van der Waals surface area contributed by atoms with Crippen LogP contribution in [0.2, 0.25) is 20.1 Å². The number of amidine groups is 1. The Hall–Kier alpha value is -4.05. The average Bonchev–Trinajstić information content (AvgIpc) is 3.30. The summed E-state index contributed by atoms with van der Waals surface area (Å²) in [7, 11) is -9.92. The number of benzene rings is 4. The molecule has 16 nitrogen and oxygen atoms in total. The summed E-state index contributed by atoms with van der Waals surface area (Å²) < 4.78 is 84.8. The summed E-state index contributed by atoms with van der Waals surface area (Å²) in [4.78, 5) is 16.2. The fraction of sp³-hybridized carbons (Fsp3) is 0.0714. The number of phenols is 1. The van der Waals surface area contributed by atoms with E-state index in [1.165, 1.54) is 24.3 Å². The van der Waals surface area contributed by atoms with Crippen molar-refractivity contribution in [1.82, 2.24) is 5.43 Å². The molecule has 0 aromatic heterocycles. The number of carbonyl (C=O) groups is 1. The van der Waals surface area contributed by atoms with Gasteiger partial charge in [-0.05, 0) is 55.0 Å². The third-order valence-corrected chi connectivity index (χ3v) is 10.1. The molecule has 5 N–H and O–H groups in total. The number of amides is 1. The van der Waals surface area contributed by atoms with Gasteiger partial charge < -0.3 is 9.29 Å². The van der Waals surface area contributed by atoms with Crippen LogP contribution in [-0.4, -0.2) is 53.0 Å². The fourth-order valence-electron chi connectivity index (χ4n) is 4.30. The first kappa shape index (κ1) is 38.2. The highest BCUT2D eigenvalue weighted by atomic mass is 35.5. The van der Waals surface area contributed by atoms with Crippen molar-refractivity contribution in [2.24, 2.45) is 15.2 Å². The van der Waals surface area contributed by atoms with E-state index in [0.717, 1.165) is 16.6 Å². The minimum atomic E-state index is -4.96. The van der Waals surface area contributed by atoms with Crippen molar-refractivity contribution in [3.8, 4) is 11.5 Å². The van der Waals surface area contributed by atoms with Crippen LogP contribution >= 0.6 is 46.4 Å². The molecule has 0 bridgehead atoms. The van der Waals surface area contributed by atoms with Crippen molar-refractivity contribution in [2.75, 3.05) is 9.73 Å². The molecule has 0 radical (unpaired) electrons. The van der Waals surface area contributed by atoms with Gasteiger partial charge in [-0.15, -0.1) is 0 Å². The van der Waals surface area contributed by atoms with Gasteiger partial charge in [0, 0.05) is 23.2 Å². The van der Waals surface area contributed by atoms with E-state index in [0.29, 0.717) is 23.9 Å². The maximum absolute atomic E-state index is 13.7. The summed E-state index contributed by atoms with van der Waals surface area (Å²) in [6, 6.07) is 11.7. The number of aliphatic imine (C=N–C) groups is 1. The summed E-state index contributed by atoms with van der Waals surface area (Å²) in [5, 5.41) is 20.3. The Balaban J connectivity index is 1.40. The Labute approximate surface area is 311 Å². The van der Waals surface area contributed by atoms with Crippen molar-refractivity contribution < 1.29 is 44.2 Å². The molecule has 23 heteroatoms. The lowest BCUT2D eigenvalue weighted by atomic mass is 10.2. The molecule has 0 spiro atoms. The maximum atomic E-state index is 13.7. The van der Waals surface area contributed by atoms with Crippen LogP contribution in [0.4, 0.5) is 22.7 Å². The summed E-state index contributed by atoms with van der Waals surface area (Å²) >= 11 is 22.5. The van der Waals surface area contributed by atoms with Crippen LogP contribution in [0.5, 0.6) is 11.5 Å². The van der Waals surface area contributed by atoms with Crippen molar-refractivity contribution >= 4 is 112 Å². The zero-order chi connectivity index (χ0) is 37.4. The predicted octanol–water partition coefficient (Wildman–Crippen LogP) is 6.61. The van der Waals surface area contributed by atoms with Gasteiger partial charge in [-0.25, -0.2) is 10.0 Å². The number of hydrazine groups is 1. The quantitative estimate of drug-likeness (QED) is 0.0841. The van der Waals surface area contributed by atoms with Crippen LogP contribution in [0, 0.1) is 6.92 Å². The van der Waals surface area contributed by atoms with Gasteiger partial charge in [-0.3, -0.25) is 24.0 Å². The van der Waals surface area contributed by atoms with Crippen LogP contribution in [0.25, 0.3) is 0 Å². The summed E-state index contributed by atoms with van der Waals surface area (Å²) in [6.07, 6.45) is 0. The van der Waals surface area contributed by atoms with Crippen molar-refractivity contribution in [2.45, 2.75) is 22.8 Å². The fourth-order valence-corrected chi connectivity index (χ4v) is 7.23. The first-order chi connectivity index (χ1) is 23.8. The molecule has 1 aliphatic rings. The smallest absolute Gasteiger partial charge is 0.316 e. The molecular formula is C28H20Cl4N6O10S3. The number of aromatic hydroxyl groups is 1. The minimum absolute atomic E-state index is 0.0288. The molecule has 0 saturated carbocycles. The predicted molar refractivity (Wildman–Crippen MR) is 190 cm³/mol. The van der Waals surface area contributed by atoms with E-state index in [-0.39, 0.29) is 43.0 Å². The van der Waals surface area contributed by atoms with E-state index >= 15 is 0 Å². The number of anilines is 2. The Morgan fingerprint density at radius 1 is 0.863 bits per heavy atom. The molecule has 2 atom stereocenters. The Morgan fingerprint density at radius 2 is 1.49 bits per heavy atom. The maximum Gasteiger partial charge on any atom is 0.316 e. The first-order valence-corrected chi connectivity index (χ1v) is 19.1. The SMILES string of the molecule is Cc1ccc(Cl)c(N=C2NN(c3c(Cl)cc(Cl)cc3Cl)C(=O)C2N=Nc2ccc(NS(=O)Oc3cc(S(=O)(=O)O)cc(S(=O)(=O)O)c3)cc2O)c1. The van der Waals surface area contributed by atoms with Crippen LogP contribution in [0.3, 0.4) is 0 Å². The highest BCUT2D eigenvalue weighted by Gasteiger charge is 2.41. The second-order valence-corrected chi connectivity index (χ2v) is 15.6. The van der Waals surface area contributed by atoms with Crippen molar-refractivity contribution in [3.63, 3.8) is 0 Å². The van der Waals surface area contributed by atoms with Gasteiger partial charge in [0.15, 0.2) is 5.84 Å². The van der Waals surface area contributed by atoms with Crippen LogP contribution in [0.15, 0.2) is 91.7 Å². The second kappa shape index (κ2) is 14.9. The number of nitrogens with zero attached hydrogens (tertiary/aromatic N) is 4. The number of azo groups is 1. The zero-order valence-corrected chi connectivity index (χ0v) is 30.6. The molecule has 1 aliphatic heterocycles. The molecule has 1 amide bonds. The molecule has 1 fully saturated rings. The number of aryl methyl sites for hydroxylation is 1. The largest absolute Gasteiger partial charge is 0.506 e. The van der Waals surface area contributed by atoms with Gasteiger partial charge in [-0.2, -0.15) is 31.3 Å². The van der Waals surface area contributed by atoms with E-state index < -0.39 is 64.7 Å². The second-order valence-electron chi connectivity index (χ2n) is 10.3. The monoisotopic (exact) mass is 836 g/mol. The van der Waals surface area contributed by atoms with Crippen molar-refractivity contribution in [1.29, 1.82) is 0 Å². The van der Waals surface area contributed by atoms with Crippen LogP contribution in [0.1, 0.15) is 5.56 Å². The van der Waals surface area contributed by atoms with Gasteiger partial charge in [0.05, 0.1) is 36.2 Å². The van der Waals surface area contributed by atoms with E-state index in [9.17, 15) is 40.1 Å². The van der Waals surface area contributed by atoms with Gasteiger partial charge in [0.25, 0.3) is 26.1 Å². The lowest BCUT2D eigenvalue weighted by Gasteiger charge is -2.19. The molecule has 268 valence electrons. The molecule has 4 aromatic rings. The number of hydrogen-bond acceptors (Lipinski definition) is 11. The Morgan fingerprint density at radius 3 is 2.08 bits per heavy atom. The molecule has 1 saturated heterocycles. The molecule has 51 heavy (non-hydrogen) atoms. The molecular weight excluding hydrogens is 818 g/mol. The van der Waals surface area contributed by atoms with E-state index in [1.54, 1.807) is 18.2 Å². The van der Waals surface area contributed by atoms with Gasteiger partial charge in [-0.1, -0.05) is 52.5 Å². The van der Waals surface area contributed by atoms with E-state index in [2.05, 4.69) is 25.4 Å². The van der Waals surface area contributed by atoms with Gasteiger partial charge in [0.2, 0.25) is 6.04 Å². The number of phenolic OH excluding ortho intramolecular Hbond substituents is 1. The van der Waals surface area contributed by atoms with E-state index in [4.69, 9.17) is 50.6 Å². The van der Waals surface area contributed by atoms with Crippen molar-refractivity contribution in [3.05, 3.63) is 92.4 Å². The van der Waals surface area contributed by atoms with E-state index in [1.807, 2.05) is 6.92 Å². The Bertz CT molecular complexity index is 2320. The molecule has 4 aromatic carbocycles. The first-order valence-electron chi connectivity index (χ1n) is 13.6. The lowest BCUT2D eigenvalue weighted by molar-refractivity contribution is -0.117. The average molecular weight is 839 g/mol.